The van der Waals surface area contributed by atoms with Gasteiger partial charge in [-0.1, -0.05) is 18.6 Å². The first-order valence-corrected chi connectivity index (χ1v) is 13.8. The quantitative estimate of drug-likeness (QED) is 0.402. The second-order valence-corrected chi connectivity index (χ2v) is 11.4. The Morgan fingerprint density at radius 2 is 2.00 bits per heavy atom. The summed E-state index contributed by atoms with van der Waals surface area (Å²) in [6, 6.07) is 4.91. The molecule has 0 spiro atoms. The molecule has 5 nitrogen and oxygen atoms in total. The fourth-order valence-electron chi connectivity index (χ4n) is 6.47. The summed E-state index contributed by atoms with van der Waals surface area (Å²) >= 11 is 6.21. The fourth-order valence-corrected chi connectivity index (χ4v) is 6.65. The topological polar surface area (TPSA) is 66.9 Å². The molecule has 1 aromatic heterocycles. The van der Waals surface area contributed by atoms with Gasteiger partial charge in [-0.05, 0) is 106 Å². The van der Waals surface area contributed by atoms with Gasteiger partial charge in [0.25, 0.3) is 0 Å². The number of anilines is 1. The van der Waals surface area contributed by atoms with Gasteiger partial charge in [0.05, 0.1) is 11.3 Å². The van der Waals surface area contributed by atoms with Crippen molar-refractivity contribution in [3.8, 4) is 0 Å². The first-order valence-electron chi connectivity index (χ1n) is 13.4. The minimum atomic E-state index is -4.40. The van der Waals surface area contributed by atoms with Crippen LogP contribution in [0.15, 0.2) is 24.3 Å². The van der Waals surface area contributed by atoms with Crippen LogP contribution < -0.4 is 10.6 Å². The molecule has 200 valence electrons. The van der Waals surface area contributed by atoms with Crippen LogP contribution in [0.3, 0.4) is 0 Å². The van der Waals surface area contributed by atoms with Gasteiger partial charge in [0.2, 0.25) is 5.28 Å². The maximum absolute atomic E-state index is 13.2. The second kappa shape index (κ2) is 10.9. The molecule has 2 N–H and O–H groups in total. The highest BCUT2D eigenvalue weighted by Gasteiger charge is 2.35. The molecule has 3 aliphatic rings. The lowest BCUT2D eigenvalue weighted by Gasteiger charge is -2.19. The van der Waals surface area contributed by atoms with E-state index in [9.17, 15) is 18.0 Å². The number of aromatic nitrogens is 2. The normalized spacial score (nSPS) is 26.3. The molecule has 5 rings (SSSR count). The number of carbonyl (C=O) groups is 1. The van der Waals surface area contributed by atoms with Gasteiger partial charge >= 0.3 is 6.18 Å². The predicted molar refractivity (Wildman–Crippen MR) is 137 cm³/mol. The van der Waals surface area contributed by atoms with Crippen molar-refractivity contribution >= 4 is 23.2 Å². The molecule has 1 aliphatic heterocycles. The summed E-state index contributed by atoms with van der Waals surface area (Å²) in [5.74, 6) is 2.79. The molecular formula is C28H34ClF3N4O. The Morgan fingerprint density at radius 1 is 1.19 bits per heavy atom. The zero-order valence-corrected chi connectivity index (χ0v) is 21.8. The Hall–Kier alpha value is -2.19. The summed E-state index contributed by atoms with van der Waals surface area (Å²) in [4.78, 5) is 21.9. The summed E-state index contributed by atoms with van der Waals surface area (Å²) in [5, 5.41) is 6.88. The van der Waals surface area contributed by atoms with Gasteiger partial charge in [0, 0.05) is 23.9 Å². The molecular weight excluding hydrogens is 501 g/mol. The Balaban J connectivity index is 1.21. The lowest BCUT2D eigenvalue weighted by molar-refractivity contribution is -0.137. The molecule has 1 saturated carbocycles. The fraction of sp³-hybridized carbons (Fsp3) is 0.607. The van der Waals surface area contributed by atoms with Crippen LogP contribution in [0.4, 0.5) is 19.0 Å². The number of nitrogens with zero attached hydrogens (tertiary/aromatic N) is 2. The zero-order chi connectivity index (χ0) is 26.2. The van der Waals surface area contributed by atoms with Crippen molar-refractivity contribution < 1.29 is 18.0 Å². The molecule has 0 bridgehead atoms. The molecule has 2 aromatic rings. The van der Waals surface area contributed by atoms with E-state index in [0.717, 1.165) is 80.9 Å². The van der Waals surface area contributed by atoms with Crippen LogP contribution in [0, 0.1) is 23.7 Å². The van der Waals surface area contributed by atoms with Crippen molar-refractivity contribution in [2.45, 2.75) is 70.5 Å². The third-order valence-electron chi connectivity index (χ3n) is 8.56. The summed E-state index contributed by atoms with van der Waals surface area (Å²) in [5.41, 5.74) is 1.66. The van der Waals surface area contributed by atoms with Crippen LogP contribution in [-0.2, 0) is 23.8 Å². The minimum absolute atomic E-state index is 0.118. The molecule has 0 radical (unpaired) electrons. The monoisotopic (exact) mass is 534 g/mol. The van der Waals surface area contributed by atoms with Crippen LogP contribution in [0.1, 0.15) is 73.9 Å². The Kier molecular flexibility index (Phi) is 7.78. The summed E-state index contributed by atoms with van der Waals surface area (Å²) < 4.78 is 39.5. The molecule has 2 heterocycles. The number of fused-ring (bicyclic) bond motifs is 2. The van der Waals surface area contributed by atoms with E-state index in [1.807, 2.05) is 0 Å². The van der Waals surface area contributed by atoms with Crippen molar-refractivity contribution in [2.75, 3.05) is 18.4 Å². The number of hydrogen-bond donors (Lipinski definition) is 2. The largest absolute Gasteiger partial charge is 0.416 e. The average Bonchev–Trinajstić information content (AvgIpc) is 3.42. The smallest absolute Gasteiger partial charge is 0.363 e. The molecule has 1 aromatic carbocycles. The standard InChI is InChI=1S/C28H34ClF3N4O/c1-16(18-4-3-7-22(13-18)28(30,31)32)34-26-23-10-17(11-24(23)35-27(29)36-26)8-9-25(37)19-5-2-6-20-14-33-15-21(20)12-19/h3-4,7,13,16-17,19-21,33H,2,5-6,8-12,14-15H2,1H3,(H,34,35,36)/t16-,17?,19?,20+,21-/m1/s1. The number of halogens is 4. The number of ketones is 1. The van der Waals surface area contributed by atoms with E-state index < -0.39 is 17.8 Å². The molecule has 2 fully saturated rings. The van der Waals surface area contributed by atoms with Crippen LogP contribution in [0.25, 0.3) is 0 Å². The van der Waals surface area contributed by atoms with Gasteiger partial charge in [-0.15, -0.1) is 0 Å². The Morgan fingerprint density at radius 3 is 2.81 bits per heavy atom. The third kappa shape index (κ3) is 6.11. The predicted octanol–water partition coefficient (Wildman–Crippen LogP) is 6.41. The van der Waals surface area contributed by atoms with E-state index in [4.69, 9.17) is 11.6 Å². The molecule has 1 saturated heterocycles. The zero-order valence-electron chi connectivity index (χ0n) is 21.1. The van der Waals surface area contributed by atoms with Gasteiger partial charge < -0.3 is 10.6 Å². The van der Waals surface area contributed by atoms with E-state index in [2.05, 4.69) is 20.6 Å². The number of alkyl halides is 3. The molecule has 0 amide bonds. The third-order valence-corrected chi connectivity index (χ3v) is 8.73. The van der Waals surface area contributed by atoms with Gasteiger partial charge in [-0.2, -0.15) is 13.2 Å². The number of benzene rings is 1. The SMILES string of the molecule is C[C@@H](Nc1nc(Cl)nc2c1CC(CCC(=O)C1CCC[C@H]3CNC[C@H]3C1)C2)c1cccc(C(F)(F)F)c1. The summed E-state index contributed by atoms with van der Waals surface area (Å²) in [6.07, 6.45) is 2.86. The first-order chi connectivity index (χ1) is 17.7. The molecule has 2 aliphatic carbocycles. The van der Waals surface area contributed by atoms with Crippen molar-refractivity contribution in [2.24, 2.45) is 23.7 Å². The van der Waals surface area contributed by atoms with Crippen LogP contribution in [0.5, 0.6) is 0 Å². The maximum Gasteiger partial charge on any atom is 0.416 e. The number of hydrogen-bond acceptors (Lipinski definition) is 5. The number of rotatable bonds is 7. The average molecular weight is 535 g/mol. The van der Waals surface area contributed by atoms with E-state index in [1.54, 1.807) is 13.0 Å². The Bertz CT molecular complexity index is 1140. The number of Topliss-reactive ketones (excluding diaryl/α,β-unsaturated/α-hetero) is 1. The molecule has 9 heteroatoms. The van der Waals surface area contributed by atoms with E-state index in [1.165, 1.54) is 12.5 Å². The van der Waals surface area contributed by atoms with Crippen molar-refractivity contribution in [3.05, 3.63) is 51.9 Å². The highest BCUT2D eigenvalue weighted by atomic mass is 35.5. The lowest BCUT2D eigenvalue weighted by atomic mass is 9.85. The summed E-state index contributed by atoms with van der Waals surface area (Å²) in [6.45, 7) is 3.94. The minimum Gasteiger partial charge on any atom is -0.363 e. The van der Waals surface area contributed by atoms with Crippen molar-refractivity contribution in [1.82, 2.24) is 15.3 Å². The number of carbonyl (C=O) groups excluding carboxylic acids is 1. The lowest BCUT2D eigenvalue weighted by Crippen LogP contribution is -2.20. The highest BCUT2D eigenvalue weighted by molar-refractivity contribution is 6.28. The van der Waals surface area contributed by atoms with Gasteiger partial charge in [-0.25, -0.2) is 9.97 Å². The van der Waals surface area contributed by atoms with Gasteiger partial charge in [0.1, 0.15) is 11.6 Å². The van der Waals surface area contributed by atoms with Crippen molar-refractivity contribution in [3.63, 3.8) is 0 Å². The van der Waals surface area contributed by atoms with E-state index >= 15 is 0 Å². The van der Waals surface area contributed by atoms with Crippen LogP contribution in [0.2, 0.25) is 5.28 Å². The Labute approximate surface area is 221 Å². The maximum atomic E-state index is 13.2. The molecule has 37 heavy (non-hydrogen) atoms. The molecule has 5 atom stereocenters. The summed E-state index contributed by atoms with van der Waals surface area (Å²) in [7, 11) is 0. The van der Waals surface area contributed by atoms with E-state index in [0.29, 0.717) is 29.5 Å². The first kappa shape index (κ1) is 26.4. The molecule has 2 unspecified atom stereocenters. The van der Waals surface area contributed by atoms with Gasteiger partial charge in [-0.3, -0.25) is 4.79 Å². The van der Waals surface area contributed by atoms with Gasteiger partial charge in [0.15, 0.2) is 0 Å². The van der Waals surface area contributed by atoms with E-state index in [-0.39, 0.29) is 17.1 Å². The van der Waals surface area contributed by atoms with Crippen molar-refractivity contribution in [1.29, 1.82) is 0 Å². The van der Waals surface area contributed by atoms with Crippen LogP contribution in [-0.4, -0.2) is 28.8 Å². The highest BCUT2D eigenvalue weighted by Crippen LogP contribution is 2.38. The number of nitrogens with one attached hydrogen (secondary N) is 2. The van der Waals surface area contributed by atoms with Crippen LogP contribution >= 0.6 is 11.6 Å². The second-order valence-electron chi connectivity index (χ2n) is 11.1.